The number of hydrogen-bond donors (Lipinski definition) is 0. The topological polar surface area (TPSA) is 21.6 Å². The molecule has 68 valence electrons. The van der Waals surface area contributed by atoms with Gasteiger partial charge in [-0.1, -0.05) is 15.9 Å². The van der Waals surface area contributed by atoms with E-state index >= 15 is 0 Å². The van der Waals surface area contributed by atoms with Crippen LogP contribution in [0.25, 0.3) is 0 Å². The average Bonchev–Trinajstić information content (AvgIpc) is 2.19. The smallest absolute Gasteiger partial charge is 0.122 e. The summed E-state index contributed by atoms with van der Waals surface area (Å²) in [6.45, 7) is 0.861. The number of halogens is 1. The molecule has 1 aromatic rings. The Labute approximate surface area is 85.8 Å². The predicted octanol–water partition coefficient (Wildman–Crippen LogP) is 2.43. The molecule has 2 rings (SSSR count). The molecule has 0 radical (unpaired) electrons. The number of ether oxygens (including phenoxy) is 1. The fraction of sp³-hybridized carbons (Fsp3) is 0.300. The molecule has 0 saturated heterocycles. The molecule has 1 aromatic carbocycles. The quantitative estimate of drug-likeness (QED) is 0.738. The third-order valence-electron chi connectivity index (χ3n) is 2.19. The van der Waals surface area contributed by atoms with E-state index in [2.05, 4.69) is 20.9 Å². The summed E-state index contributed by atoms with van der Waals surface area (Å²) in [5.41, 5.74) is 2.41. The molecular formula is C10H10BrNO. The van der Waals surface area contributed by atoms with E-state index in [0.29, 0.717) is 0 Å². The summed E-state index contributed by atoms with van der Waals surface area (Å²) in [7, 11) is 1.70. The summed E-state index contributed by atoms with van der Waals surface area (Å²) in [4.78, 5) is 4.24. The van der Waals surface area contributed by atoms with Gasteiger partial charge in [-0.15, -0.1) is 0 Å². The highest BCUT2D eigenvalue weighted by Crippen LogP contribution is 2.29. The number of aliphatic imine (C=N–C) groups is 1. The second-order valence-electron chi connectivity index (χ2n) is 2.93. The lowest BCUT2D eigenvalue weighted by Gasteiger charge is -2.15. The first-order valence-corrected chi connectivity index (χ1v) is 4.97. The van der Waals surface area contributed by atoms with Gasteiger partial charge in [0.15, 0.2) is 0 Å². The van der Waals surface area contributed by atoms with Crippen molar-refractivity contribution in [1.82, 2.24) is 0 Å². The first-order valence-electron chi connectivity index (χ1n) is 4.18. The van der Waals surface area contributed by atoms with Gasteiger partial charge in [-0.25, -0.2) is 0 Å². The number of methoxy groups -OCH3 is 1. The molecule has 0 spiro atoms. The zero-order valence-electron chi connectivity index (χ0n) is 7.38. The molecule has 13 heavy (non-hydrogen) atoms. The van der Waals surface area contributed by atoms with Crippen molar-refractivity contribution in [2.24, 2.45) is 4.99 Å². The van der Waals surface area contributed by atoms with E-state index in [9.17, 15) is 0 Å². The SMILES string of the molecule is COc1ccc(Br)c2c1CCN=C2. The van der Waals surface area contributed by atoms with Gasteiger partial charge in [0.2, 0.25) is 0 Å². The Hall–Kier alpha value is -0.830. The van der Waals surface area contributed by atoms with Crippen molar-refractivity contribution in [2.75, 3.05) is 13.7 Å². The lowest BCUT2D eigenvalue weighted by molar-refractivity contribution is 0.409. The average molecular weight is 240 g/mol. The minimum Gasteiger partial charge on any atom is -0.496 e. The zero-order valence-corrected chi connectivity index (χ0v) is 8.97. The Morgan fingerprint density at radius 2 is 2.31 bits per heavy atom. The van der Waals surface area contributed by atoms with E-state index in [-0.39, 0.29) is 0 Å². The highest BCUT2D eigenvalue weighted by atomic mass is 79.9. The molecule has 0 aliphatic carbocycles. The number of benzene rings is 1. The molecule has 0 unspecified atom stereocenters. The number of hydrogen-bond acceptors (Lipinski definition) is 2. The fourth-order valence-corrected chi connectivity index (χ4v) is 2.01. The van der Waals surface area contributed by atoms with Crippen LogP contribution in [-0.4, -0.2) is 19.9 Å². The Kier molecular flexibility index (Phi) is 2.36. The van der Waals surface area contributed by atoms with Crippen molar-refractivity contribution in [3.8, 4) is 5.75 Å². The summed E-state index contributed by atoms with van der Waals surface area (Å²) in [6, 6.07) is 3.98. The minimum atomic E-state index is 0.861. The molecule has 0 aromatic heterocycles. The Bertz CT molecular complexity index is 360. The Morgan fingerprint density at radius 3 is 3.08 bits per heavy atom. The Balaban J connectivity index is 2.61. The van der Waals surface area contributed by atoms with Gasteiger partial charge < -0.3 is 4.74 Å². The van der Waals surface area contributed by atoms with E-state index < -0.39 is 0 Å². The van der Waals surface area contributed by atoms with Crippen LogP contribution in [0.15, 0.2) is 21.6 Å². The third-order valence-corrected chi connectivity index (χ3v) is 2.88. The van der Waals surface area contributed by atoms with Gasteiger partial charge in [0.05, 0.1) is 7.11 Å². The summed E-state index contributed by atoms with van der Waals surface area (Å²) in [6.07, 6.45) is 2.87. The second-order valence-corrected chi connectivity index (χ2v) is 3.78. The molecular weight excluding hydrogens is 230 g/mol. The molecule has 3 heteroatoms. The van der Waals surface area contributed by atoms with Crippen molar-refractivity contribution < 1.29 is 4.74 Å². The maximum atomic E-state index is 5.29. The molecule has 0 saturated carbocycles. The molecule has 0 bridgehead atoms. The van der Waals surface area contributed by atoms with Crippen LogP contribution in [0.1, 0.15) is 11.1 Å². The van der Waals surface area contributed by atoms with Crippen LogP contribution < -0.4 is 4.74 Å². The van der Waals surface area contributed by atoms with E-state index in [1.54, 1.807) is 7.11 Å². The van der Waals surface area contributed by atoms with Crippen molar-refractivity contribution >= 4 is 22.1 Å². The molecule has 1 heterocycles. The lowest BCUT2D eigenvalue weighted by Crippen LogP contribution is -2.05. The maximum absolute atomic E-state index is 5.29. The van der Waals surface area contributed by atoms with Crippen molar-refractivity contribution in [3.63, 3.8) is 0 Å². The zero-order chi connectivity index (χ0) is 9.26. The summed E-state index contributed by atoms with van der Waals surface area (Å²) >= 11 is 3.50. The third kappa shape index (κ3) is 1.48. The van der Waals surface area contributed by atoms with Crippen molar-refractivity contribution in [3.05, 3.63) is 27.7 Å². The Morgan fingerprint density at radius 1 is 1.46 bits per heavy atom. The summed E-state index contributed by atoms with van der Waals surface area (Å²) < 4.78 is 6.37. The molecule has 2 nitrogen and oxygen atoms in total. The summed E-state index contributed by atoms with van der Waals surface area (Å²) in [5, 5.41) is 0. The molecule has 1 aliphatic heterocycles. The predicted molar refractivity (Wildman–Crippen MR) is 56.9 cm³/mol. The van der Waals surface area contributed by atoms with Gasteiger partial charge in [0, 0.05) is 28.4 Å². The molecule has 1 aliphatic rings. The highest BCUT2D eigenvalue weighted by Gasteiger charge is 2.13. The molecule has 0 amide bonds. The monoisotopic (exact) mass is 239 g/mol. The normalized spacial score (nSPS) is 14.0. The van der Waals surface area contributed by atoms with Crippen LogP contribution in [-0.2, 0) is 6.42 Å². The second kappa shape index (κ2) is 3.50. The number of rotatable bonds is 1. The molecule has 0 fully saturated rings. The number of nitrogens with zero attached hydrogens (tertiary/aromatic N) is 1. The first-order chi connectivity index (χ1) is 6.33. The van der Waals surface area contributed by atoms with E-state index in [1.165, 1.54) is 5.56 Å². The standard InChI is InChI=1S/C10H10BrNO/c1-13-10-3-2-9(11)8-6-12-5-4-7(8)10/h2-3,6H,4-5H2,1H3. The summed E-state index contributed by atoms with van der Waals surface area (Å²) in [5.74, 6) is 0.962. The first kappa shape index (κ1) is 8.75. The fourth-order valence-electron chi connectivity index (χ4n) is 1.54. The van der Waals surface area contributed by atoms with Crippen molar-refractivity contribution in [1.29, 1.82) is 0 Å². The van der Waals surface area contributed by atoms with Crippen LogP contribution in [0.5, 0.6) is 5.75 Å². The lowest BCUT2D eigenvalue weighted by atomic mass is 10.0. The van der Waals surface area contributed by atoms with E-state index in [0.717, 1.165) is 28.8 Å². The minimum absolute atomic E-state index is 0.861. The van der Waals surface area contributed by atoms with Crippen LogP contribution >= 0.6 is 15.9 Å². The van der Waals surface area contributed by atoms with Crippen LogP contribution in [0, 0.1) is 0 Å². The van der Waals surface area contributed by atoms with Gasteiger partial charge in [-0.3, -0.25) is 4.99 Å². The van der Waals surface area contributed by atoms with Gasteiger partial charge >= 0.3 is 0 Å². The van der Waals surface area contributed by atoms with Crippen LogP contribution in [0.2, 0.25) is 0 Å². The van der Waals surface area contributed by atoms with Crippen molar-refractivity contribution in [2.45, 2.75) is 6.42 Å². The molecule has 0 N–H and O–H groups in total. The van der Waals surface area contributed by atoms with E-state index in [1.807, 2.05) is 18.3 Å². The van der Waals surface area contributed by atoms with Crippen LogP contribution in [0.3, 0.4) is 0 Å². The van der Waals surface area contributed by atoms with Gasteiger partial charge in [0.25, 0.3) is 0 Å². The molecule has 0 atom stereocenters. The van der Waals surface area contributed by atoms with Gasteiger partial charge in [0.1, 0.15) is 5.75 Å². The van der Waals surface area contributed by atoms with Gasteiger partial charge in [-0.2, -0.15) is 0 Å². The maximum Gasteiger partial charge on any atom is 0.122 e. The van der Waals surface area contributed by atoms with Crippen LogP contribution in [0.4, 0.5) is 0 Å². The van der Waals surface area contributed by atoms with Gasteiger partial charge in [-0.05, 0) is 18.6 Å². The number of fused-ring (bicyclic) bond motifs is 1. The highest BCUT2D eigenvalue weighted by molar-refractivity contribution is 9.10. The van der Waals surface area contributed by atoms with E-state index in [4.69, 9.17) is 4.74 Å². The largest absolute Gasteiger partial charge is 0.496 e.